The van der Waals surface area contributed by atoms with Crippen molar-refractivity contribution >= 4 is 17.1 Å². The molecule has 0 unspecified atom stereocenters. The fourth-order valence-corrected chi connectivity index (χ4v) is 3.77. The molecular formula is C32H36N2O. The van der Waals surface area contributed by atoms with Crippen LogP contribution < -0.4 is 0 Å². The average molecular weight is 465 g/mol. The lowest BCUT2D eigenvalue weighted by atomic mass is 10.0. The van der Waals surface area contributed by atoms with Gasteiger partial charge in [0.1, 0.15) is 5.75 Å². The molecule has 0 heterocycles. The van der Waals surface area contributed by atoms with Crippen LogP contribution >= 0.6 is 0 Å². The minimum absolute atomic E-state index is 0.247. The average Bonchev–Trinajstić information content (AvgIpc) is 2.88. The van der Waals surface area contributed by atoms with Crippen molar-refractivity contribution in [2.75, 3.05) is 0 Å². The monoisotopic (exact) mass is 464 g/mol. The predicted molar refractivity (Wildman–Crippen MR) is 150 cm³/mol. The second-order valence-electron chi connectivity index (χ2n) is 8.88. The molecule has 3 aromatic rings. The van der Waals surface area contributed by atoms with Gasteiger partial charge in [0.2, 0.25) is 0 Å². The van der Waals surface area contributed by atoms with E-state index in [-0.39, 0.29) is 5.75 Å². The minimum Gasteiger partial charge on any atom is -0.508 e. The highest BCUT2D eigenvalue weighted by molar-refractivity contribution is 6.42. The van der Waals surface area contributed by atoms with Crippen LogP contribution in [0.3, 0.4) is 0 Å². The van der Waals surface area contributed by atoms with Crippen molar-refractivity contribution in [2.45, 2.75) is 53.9 Å². The smallest absolute Gasteiger partial charge is 0.115 e. The molecule has 0 spiro atoms. The number of phenolic OH excluding ortho intramolecular Hbond substituents is 1. The summed E-state index contributed by atoms with van der Waals surface area (Å²) in [6.07, 6.45) is 4.45. The molecule has 0 bridgehead atoms. The number of hydrogen-bond acceptors (Lipinski definition) is 3. The molecule has 1 N–H and O–H groups in total. The molecule has 0 radical (unpaired) electrons. The first-order chi connectivity index (χ1) is 16.9. The first-order valence-electron chi connectivity index (χ1n) is 12.3. The minimum atomic E-state index is 0.247. The van der Waals surface area contributed by atoms with E-state index < -0.39 is 0 Å². The van der Waals surface area contributed by atoms with E-state index in [0.29, 0.717) is 6.42 Å². The third-order valence-corrected chi connectivity index (χ3v) is 6.14. The Morgan fingerprint density at radius 2 is 1.43 bits per heavy atom. The normalized spacial score (nSPS) is 13.6. The highest BCUT2D eigenvalue weighted by Gasteiger charge is 2.11. The molecule has 0 aliphatic rings. The highest BCUT2D eigenvalue weighted by atomic mass is 16.3. The zero-order valence-electron chi connectivity index (χ0n) is 21.5. The number of hydrogen-bond donors (Lipinski definition) is 1. The third kappa shape index (κ3) is 7.65. The summed E-state index contributed by atoms with van der Waals surface area (Å²) in [6, 6.07) is 26.2. The molecule has 0 saturated carbocycles. The summed E-state index contributed by atoms with van der Waals surface area (Å²) in [5.74, 6) is 0.247. The molecule has 0 fully saturated rings. The van der Waals surface area contributed by atoms with Crippen molar-refractivity contribution in [1.82, 2.24) is 0 Å². The maximum Gasteiger partial charge on any atom is 0.115 e. The molecule has 0 amide bonds. The third-order valence-electron chi connectivity index (χ3n) is 6.14. The van der Waals surface area contributed by atoms with Crippen LogP contribution in [0.2, 0.25) is 0 Å². The summed E-state index contributed by atoms with van der Waals surface area (Å²) < 4.78 is 0. The maximum absolute atomic E-state index is 9.71. The van der Waals surface area contributed by atoms with Gasteiger partial charge in [-0.15, -0.1) is 0 Å². The quantitative estimate of drug-likeness (QED) is 0.319. The fraction of sp³-hybridized carbons (Fsp3) is 0.250. The molecule has 0 atom stereocenters. The number of aryl methyl sites for hydroxylation is 1. The van der Waals surface area contributed by atoms with E-state index in [1.165, 1.54) is 22.3 Å². The van der Waals surface area contributed by atoms with E-state index in [0.717, 1.165) is 41.2 Å². The Morgan fingerprint density at radius 3 is 2.03 bits per heavy atom. The van der Waals surface area contributed by atoms with E-state index in [1.807, 2.05) is 31.2 Å². The topological polar surface area (TPSA) is 45.0 Å². The first kappa shape index (κ1) is 25.9. The highest BCUT2D eigenvalue weighted by Crippen LogP contribution is 2.22. The number of aliphatic imine (C=N–C) groups is 2. The van der Waals surface area contributed by atoms with Crippen LogP contribution in [-0.4, -0.2) is 16.5 Å². The van der Waals surface area contributed by atoms with Gasteiger partial charge in [-0.1, -0.05) is 78.7 Å². The maximum atomic E-state index is 9.71. The summed E-state index contributed by atoms with van der Waals surface area (Å²) in [5.41, 5.74) is 9.77. The van der Waals surface area contributed by atoms with Gasteiger partial charge in [-0.2, -0.15) is 0 Å². The number of rotatable bonds is 9. The number of benzene rings is 3. The van der Waals surface area contributed by atoms with Crippen LogP contribution in [0.5, 0.6) is 5.75 Å². The zero-order valence-corrected chi connectivity index (χ0v) is 21.5. The second-order valence-corrected chi connectivity index (χ2v) is 8.88. The van der Waals surface area contributed by atoms with Crippen LogP contribution in [-0.2, 0) is 12.8 Å². The lowest BCUT2D eigenvalue weighted by Gasteiger charge is -2.13. The van der Waals surface area contributed by atoms with E-state index in [9.17, 15) is 5.11 Å². The molecule has 0 aromatic heterocycles. The Bertz CT molecular complexity index is 1230. The molecule has 3 rings (SSSR count). The molecule has 3 nitrogen and oxygen atoms in total. The van der Waals surface area contributed by atoms with Crippen molar-refractivity contribution in [1.29, 1.82) is 0 Å². The Hall–Kier alpha value is -3.72. The Morgan fingerprint density at radius 1 is 0.800 bits per heavy atom. The molecule has 3 heteroatoms. The van der Waals surface area contributed by atoms with E-state index in [2.05, 4.69) is 76.2 Å². The number of aromatic hydroxyl groups is 1. The van der Waals surface area contributed by atoms with Gasteiger partial charge in [-0.05, 0) is 69.5 Å². The van der Waals surface area contributed by atoms with Crippen LogP contribution in [0, 0.1) is 6.92 Å². The molecule has 180 valence electrons. The number of nitrogens with zero attached hydrogens (tertiary/aromatic N) is 2. The molecular weight excluding hydrogens is 428 g/mol. The first-order valence-corrected chi connectivity index (χ1v) is 12.3. The van der Waals surface area contributed by atoms with Gasteiger partial charge in [-0.3, -0.25) is 9.98 Å². The van der Waals surface area contributed by atoms with Gasteiger partial charge in [0.25, 0.3) is 0 Å². The van der Waals surface area contributed by atoms with Crippen LogP contribution in [0.1, 0.15) is 56.4 Å². The summed E-state index contributed by atoms with van der Waals surface area (Å²) in [7, 11) is 0. The van der Waals surface area contributed by atoms with Crippen molar-refractivity contribution in [3.05, 3.63) is 118 Å². The SMILES string of the molecule is C/C=C(\N=C(Cc1ccccc1)C(C)=N/C(Cc1ccc(C)cc1)=C(\C)CC)c1ccc(O)cc1. The summed E-state index contributed by atoms with van der Waals surface area (Å²) in [5, 5.41) is 9.71. The van der Waals surface area contributed by atoms with Crippen LogP contribution in [0.4, 0.5) is 0 Å². The molecule has 0 saturated heterocycles. The molecule has 3 aromatic carbocycles. The van der Waals surface area contributed by atoms with Gasteiger partial charge >= 0.3 is 0 Å². The van der Waals surface area contributed by atoms with Gasteiger partial charge in [0.15, 0.2) is 0 Å². The van der Waals surface area contributed by atoms with Crippen LogP contribution in [0.25, 0.3) is 5.70 Å². The number of allylic oxidation sites excluding steroid dienone is 3. The van der Waals surface area contributed by atoms with Crippen molar-refractivity contribution in [3.8, 4) is 5.75 Å². The summed E-state index contributed by atoms with van der Waals surface area (Å²) in [4.78, 5) is 10.2. The Balaban J connectivity index is 2.03. The van der Waals surface area contributed by atoms with Crippen molar-refractivity contribution in [2.24, 2.45) is 9.98 Å². The van der Waals surface area contributed by atoms with Crippen molar-refractivity contribution in [3.63, 3.8) is 0 Å². The fourth-order valence-electron chi connectivity index (χ4n) is 3.77. The number of phenols is 1. The van der Waals surface area contributed by atoms with Gasteiger partial charge in [-0.25, -0.2) is 0 Å². The van der Waals surface area contributed by atoms with E-state index >= 15 is 0 Å². The Labute approximate surface area is 210 Å². The largest absolute Gasteiger partial charge is 0.508 e. The second kappa shape index (κ2) is 12.7. The van der Waals surface area contributed by atoms with Gasteiger partial charge < -0.3 is 5.11 Å². The predicted octanol–water partition coefficient (Wildman–Crippen LogP) is 8.13. The lowest BCUT2D eigenvalue weighted by Crippen LogP contribution is -2.15. The molecule has 0 aliphatic carbocycles. The zero-order chi connectivity index (χ0) is 25.2. The van der Waals surface area contributed by atoms with E-state index in [1.54, 1.807) is 12.1 Å². The lowest BCUT2D eigenvalue weighted by molar-refractivity contribution is 0.475. The van der Waals surface area contributed by atoms with Crippen molar-refractivity contribution < 1.29 is 5.11 Å². The summed E-state index contributed by atoms with van der Waals surface area (Å²) in [6.45, 7) is 10.5. The van der Waals surface area contributed by atoms with E-state index in [4.69, 9.17) is 9.98 Å². The molecule has 0 aliphatic heterocycles. The Kier molecular flexibility index (Phi) is 9.37. The standard InChI is InChI=1S/C32H36N2O/c1-6-24(4)31(21-27-15-13-23(3)14-16-27)33-25(5)32(22-26-11-9-8-10-12-26)34-30(7-2)28-17-19-29(35)20-18-28/h7-20,35H,6,21-22H2,1-5H3/b30-7-,31-24+,33-25?,34-32?. The molecule has 35 heavy (non-hydrogen) atoms. The van der Waals surface area contributed by atoms with Gasteiger partial charge in [0.05, 0.1) is 17.1 Å². The van der Waals surface area contributed by atoms with Gasteiger partial charge in [0, 0.05) is 24.1 Å². The summed E-state index contributed by atoms with van der Waals surface area (Å²) >= 11 is 0. The van der Waals surface area contributed by atoms with Crippen LogP contribution in [0.15, 0.2) is 106 Å².